The van der Waals surface area contributed by atoms with Crippen LogP contribution in [0.4, 0.5) is 0 Å². The Labute approximate surface area is 67.7 Å². The average molecular weight is 156 g/mol. The first kappa shape index (κ1) is 7.53. The van der Waals surface area contributed by atoms with Crippen LogP contribution in [0.5, 0.6) is 0 Å². The van der Waals surface area contributed by atoms with E-state index in [2.05, 4.69) is 10.2 Å². The minimum atomic E-state index is 0.718. The molecule has 0 aromatic rings. The van der Waals surface area contributed by atoms with Crippen molar-refractivity contribution in [3.63, 3.8) is 0 Å². The van der Waals surface area contributed by atoms with Crippen LogP contribution in [0.2, 0.25) is 0 Å². The van der Waals surface area contributed by atoms with Crippen LogP contribution in [0.3, 0.4) is 0 Å². The highest BCUT2D eigenvalue weighted by atomic mass is 16.5. The van der Waals surface area contributed by atoms with Gasteiger partial charge in [-0.15, -0.1) is 0 Å². The maximum atomic E-state index is 5.15. The van der Waals surface area contributed by atoms with Crippen molar-refractivity contribution in [3.05, 3.63) is 0 Å². The third-order valence-corrected chi connectivity index (χ3v) is 2.76. The number of hydrogen-bond donors (Lipinski definition) is 1. The summed E-state index contributed by atoms with van der Waals surface area (Å²) >= 11 is 0. The van der Waals surface area contributed by atoms with Crippen LogP contribution in [-0.4, -0.2) is 50.3 Å². The van der Waals surface area contributed by atoms with Gasteiger partial charge in [0.25, 0.3) is 0 Å². The molecule has 2 fully saturated rings. The molecule has 0 aromatic heterocycles. The summed E-state index contributed by atoms with van der Waals surface area (Å²) < 4.78 is 5.15. The van der Waals surface area contributed by atoms with Gasteiger partial charge in [-0.25, -0.2) is 0 Å². The van der Waals surface area contributed by atoms with E-state index in [1.54, 1.807) is 0 Å². The second kappa shape index (κ2) is 3.09. The number of hydrogen-bond acceptors (Lipinski definition) is 3. The smallest absolute Gasteiger partial charge is 0.0645 e. The molecule has 2 saturated heterocycles. The molecule has 0 radical (unpaired) electrons. The van der Waals surface area contributed by atoms with Gasteiger partial charge in [0.2, 0.25) is 0 Å². The Balaban J connectivity index is 1.79. The summed E-state index contributed by atoms with van der Waals surface area (Å²) in [6.45, 7) is 4.37. The summed E-state index contributed by atoms with van der Waals surface area (Å²) in [6, 6.07) is 1.45. The topological polar surface area (TPSA) is 24.5 Å². The van der Waals surface area contributed by atoms with E-state index in [0.29, 0.717) is 0 Å². The standard InChI is InChI=1S/C8H16N2O/c1-9-7-2-3-10(4-7)8-5-11-6-8/h7-9H,2-6H2,1H3. The highest BCUT2D eigenvalue weighted by Gasteiger charge is 2.31. The average Bonchev–Trinajstić information content (AvgIpc) is 2.32. The zero-order valence-electron chi connectivity index (χ0n) is 7.05. The molecule has 0 amide bonds. The van der Waals surface area contributed by atoms with Crippen LogP contribution in [0.15, 0.2) is 0 Å². The third kappa shape index (κ3) is 1.41. The Hall–Kier alpha value is -0.120. The summed E-state index contributed by atoms with van der Waals surface area (Å²) in [4.78, 5) is 2.53. The fourth-order valence-electron chi connectivity index (χ4n) is 1.79. The van der Waals surface area contributed by atoms with E-state index in [1.807, 2.05) is 7.05 Å². The van der Waals surface area contributed by atoms with Gasteiger partial charge in [-0.2, -0.15) is 0 Å². The lowest BCUT2D eigenvalue weighted by molar-refractivity contribution is -0.0574. The molecule has 2 rings (SSSR count). The summed E-state index contributed by atoms with van der Waals surface area (Å²) in [5.74, 6) is 0. The summed E-state index contributed by atoms with van der Waals surface area (Å²) in [7, 11) is 2.05. The summed E-state index contributed by atoms with van der Waals surface area (Å²) in [6.07, 6.45) is 1.30. The van der Waals surface area contributed by atoms with Gasteiger partial charge in [-0.3, -0.25) is 4.90 Å². The molecule has 2 aliphatic heterocycles. The lowest BCUT2D eigenvalue weighted by Crippen LogP contribution is -2.48. The summed E-state index contributed by atoms with van der Waals surface area (Å²) in [5.41, 5.74) is 0. The molecule has 2 heterocycles. The van der Waals surface area contributed by atoms with E-state index in [9.17, 15) is 0 Å². The molecule has 0 aromatic carbocycles. The van der Waals surface area contributed by atoms with Crippen molar-refractivity contribution in [1.29, 1.82) is 0 Å². The maximum absolute atomic E-state index is 5.15. The van der Waals surface area contributed by atoms with Gasteiger partial charge in [0.05, 0.1) is 19.3 Å². The molecule has 3 nitrogen and oxygen atoms in total. The molecule has 0 saturated carbocycles. The molecule has 0 aliphatic carbocycles. The molecule has 0 bridgehead atoms. The maximum Gasteiger partial charge on any atom is 0.0645 e. The zero-order valence-corrected chi connectivity index (χ0v) is 7.05. The van der Waals surface area contributed by atoms with Gasteiger partial charge in [-0.05, 0) is 13.5 Å². The minimum Gasteiger partial charge on any atom is -0.378 e. The van der Waals surface area contributed by atoms with Gasteiger partial charge in [0, 0.05) is 19.1 Å². The number of ether oxygens (including phenoxy) is 1. The Morgan fingerprint density at radius 3 is 2.73 bits per heavy atom. The normalized spacial score (nSPS) is 34.1. The molecular weight excluding hydrogens is 140 g/mol. The van der Waals surface area contributed by atoms with Gasteiger partial charge < -0.3 is 10.1 Å². The first-order valence-electron chi connectivity index (χ1n) is 4.39. The van der Waals surface area contributed by atoms with E-state index in [1.165, 1.54) is 19.5 Å². The second-order valence-electron chi connectivity index (χ2n) is 3.46. The SMILES string of the molecule is CNC1CCN(C2COC2)C1. The quantitative estimate of drug-likeness (QED) is 0.593. The fourth-order valence-corrected chi connectivity index (χ4v) is 1.79. The van der Waals surface area contributed by atoms with Crippen molar-refractivity contribution in [2.45, 2.75) is 18.5 Å². The van der Waals surface area contributed by atoms with Crippen LogP contribution in [-0.2, 0) is 4.74 Å². The Bertz CT molecular complexity index is 136. The Kier molecular flexibility index (Phi) is 2.11. The van der Waals surface area contributed by atoms with E-state index < -0.39 is 0 Å². The van der Waals surface area contributed by atoms with Gasteiger partial charge in [-0.1, -0.05) is 0 Å². The summed E-state index contributed by atoms with van der Waals surface area (Å²) in [5, 5.41) is 3.31. The van der Waals surface area contributed by atoms with E-state index in [0.717, 1.165) is 25.3 Å². The Morgan fingerprint density at radius 2 is 2.27 bits per heavy atom. The number of nitrogens with one attached hydrogen (secondary N) is 1. The molecule has 1 unspecified atom stereocenters. The number of likely N-dealkylation sites (N-methyl/N-ethyl adjacent to an activating group) is 1. The van der Waals surface area contributed by atoms with Crippen molar-refractivity contribution in [1.82, 2.24) is 10.2 Å². The van der Waals surface area contributed by atoms with Crippen LogP contribution >= 0.6 is 0 Å². The van der Waals surface area contributed by atoms with Crippen LogP contribution in [0, 0.1) is 0 Å². The van der Waals surface area contributed by atoms with Crippen molar-refractivity contribution in [2.24, 2.45) is 0 Å². The van der Waals surface area contributed by atoms with Gasteiger partial charge >= 0.3 is 0 Å². The highest BCUT2D eigenvalue weighted by Crippen LogP contribution is 2.17. The molecule has 11 heavy (non-hydrogen) atoms. The molecule has 1 N–H and O–H groups in total. The van der Waals surface area contributed by atoms with E-state index in [-0.39, 0.29) is 0 Å². The van der Waals surface area contributed by atoms with Gasteiger partial charge in [0.15, 0.2) is 0 Å². The molecular formula is C8H16N2O. The molecule has 64 valence electrons. The van der Waals surface area contributed by atoms with Gasteiger partial charge in [0.1, 0.15) is 0 Å². The first-order valence-corrected chi connectivity index (χ1v) is 4.39. The van der Waals surface area contributed by atoms with Crippen LogP contribution < -0.4 is 5.32 Å². The predicted octanol–water partition coefficient (Wildman–Crippen LogP) is -0.321. The fraction of sp³-hybridized carbons (Fsp3) is 1.00. The molecule has 3 heteroatoms. The van der Waals surface area contributed by atoms with Crippen molar-refractivity contribution in [3.8, 4) is 0 Å². The van der Waals surface area contributed by atoms with E-state index >= 15 is 0 Å². The lowest BCUT2D eigenvalue weighted by Gasteiger charge is -2.34. The van der Waals surface area contributed by atoms with Crippen LogP contribution in [0.25, 0.3) is 0 Å². The Morgan fingerprint density at radius 1 is 1.45 bits per heavy atom. The monoisotopic (exact) mass is 156 g/mol. The van der Waals surface area contributed by atoms with Crippen LogP contribution in [0.1, 0.15) is 6.42 Å². The third-order valence-electron chi connectivity index (χ3n) is 2.76. The largest absolute Gasteiger partial charge is 0.378 e. The lowest BCUT2D eigenvalue weighted by atomic mass is 10.2. The first-order chi connectivity index (χ1) is 5.40. The van der Waals surface area contributed by atoms with Crippen molar-refractivity contribution in [2.75, 3.05) is 33.4 Å². The second-order valence-corrected chi connectivity index (χ2v) is 3.46. The minimum absolute atomic E-state index is 0.718. The zero-order chi connectivity index (χ0) is 7.68. The molecule has 2 aliphatic rings. The number of rotatable bonds is 2. The van der Waals surface area contributed by atoms with Crippen molar-refractivity contribution < 1.29 is 4.74 Å². The highest BCUT2D eigenvalue weighted by molar-refractivity contribution is 4.87. The molecule has 0 spiro atoms. The predicted molar refractivity (Wildman–Crippen MR) is 43.6 cm³/mol. The van der Waals surface area contributed by atoms with Crippen molar-refractivity contribution >= 4 is 0 Å². The number of nitrogens with zero attached hydrogens (tertiary/aromatic N) is 1. The molecule has 1 atom stereocenters. The van der Waals surface area contributed by atoms with E-state index in [4.69, 9.17) is 4.74 Å². The number of likely N-dealkylation sites (tertiary alicyclic amines) is 1.